The van der Waals surface area contributed by atoms with Crippen LogP contribution in [0, 0.1) is 10.1 Å². The van der Waals surface area contributed by atoms with Crippen molar-refractivity contribution in [2.45, 2.75) is 39.7 Å². The molecule has 0 unspecified atom stereocenters. The van der Waals surface area contributed by atoms with Crippen LogP contribution < -0.4 is 4.80 Å². The van der Waals surface area contributed by atoms with Gasteiger partial charge in [0.1, 0.15) is 0 Å². The number of thiazole rings is 1. The van der Waals surface area contributed by atoms with E-state index in [9.17, 15) is 14.9 Å². The molecule has 1 aromatic heterocycles. The van der Waals surface area contributed by atoms with Crippen molar-refractivity contribution in [1.29, 1.82) is 0 Å². The zero-order valence-electron chi connectivity index (χ0n) is 15.7. The van der Waals surface area contributed by atoms with E-state index in [-0.39, 0.29) is 17.0 Å². The van der Waals surface area contributed by atoms with Gasteiger partial charge in [-0.2, -0.15) is 4.99 Å². The van der Waals surface area contributed by atoms with Gasteiger partial charge in [-0.05, 0) is 36.1 Å². The molecule has 0 atom stereocenters. The van der Waals surface area contributed by atoms with Gasteiger partial charge in [0.25, 0.3) is 11.6 Å². The highest BCUT2D eigenvalue weighted by Gasteiger charge is 2.15. The maximum atomic E-state index is 12.6. The molecule has 140 valence electrons. The predicted molar refractivity (Wildman–Crippen MR) is 107 cm³/mol. The standard InChI is InChI=1S/C20H21N3O3S/c1-5-22-16-11-10-15(23(25)26)12-17(16)27-19(22)21-18(24)13-6-8-14(9-7-13)20(2,3)4/h6-12H,5H2,1-4H3. The number of nitro groups is 1. The summed E-state index contributed by atoms with van der Waals surface area (Å²) in [6.45, 7) is 8.93. The molecule has 2 aromatic carbocycles. The number of amides is 1. The highest BCUT2D eigenvalue weighted by Crippen LogP contribution is 2.24. The van der Waals surface area contributed by atoms with E-state index < -0.39 is 4.92 Å². The van der Waals surface area contributed by atoms with Crippen LogP contribution in [-0.2, 0) is 12.0 Å². The number of benzene rings is 2. The first-order valence-corrected chi connectivity index (χ1v) is 9.49. The van der Waals surface area contributed by atoms with E-state index in [0.29, 0.717) is 16.9 Å². The number of nitro benzene ring substituents is 1. The minimum Gasteiger partial charge on any atom is -0.317 e. The molecule has 0 aliphatic carbocycles. The van der Waals surface area contributed by atoms with E-state index >= 15 is 0 Å². The number of non-ortho nitro benzene ring substituents is 1. The molecule has 0 aliphatic rings. The Morgan fingerprint density at radius 2 is 1.85 bits per heavy atom. The summed E-state index contributed by atoms with van der Waals surface area (Å²) in [6, 6.07) is 12.2. The quantitative estimate of drug-likeness (QED) is 0.487. The first-order valence-electron chi connectivity index (χ1n) is 8.68. The summed E-state index contributed by atoms with van der Waals surface area (Å²) >= 11 is 1.28. The number of rotatable bonds is 3. The minimum atomic E-state index is -0.422. The Labute approximate surface area is 161 Å². The van der Waals surface area contributed by atoms with Crippen molar-refractivity contribution >= 4 is 33.1 Å². The second kappa shape index (κ2) is 7.08. The summed E-state index contributed by atoms with van der Waals surface area (Å²) in [6.07, 6.45) is 0. The SMILES string of the molecule is CCn1c(=NC(=O)c2ccc(C(C)(C)C)cc2)sc2cc([N+](=O)[O-])ccc21. The Balaban J connectivity index is 2.04. The van der Waals surface area contributed by atoms with Crippen LogP contribution >= 0.6 is 11.3 Å². The second-order valence-electron chi connectivity index (χ2n) is 7.28. The zero-order valence-corrected chi connectivity index (χ0v) is 16.5. The van der Waals surface area contributed by atoms with Crippen molar-refractivity contribution in [1.82, 2.24) is 4.57 Å². The first-order chi connectivity index (χ1) is 12.7. The molecule has 27 heavy (non-hydrogen) atoms. The molecule has 0 saturated heterocycles. The fraction of sp³-hybridized carbons (Fsp3) is 0.300. The number of hydrogen-bond acceptors (Lipinski definition) is 4. The van der Waals surface area contributed by atoms with Gasteiger partial charge in [0, 0.05) is 24.2 Å². The van der Waals surface area contributed by atoms with Crippen molar-refractivity contribution < 1.29 is 9.72 Å². The smallest absolute Gasteiger partial charge is 0.279 e. The molecule has 0 aliphatic heterocycles. The van der Waals surface area contributed by atoms with E-state index in [1.54, 1.807) is 18.2 Å². The Bertz CT molecular complexity index is 1090. The molecule has 1 amide bonds. The van der Waals surface area contributed by atoms with Crippen LogP contribution in [0.2, 0.25) is 0 Å². The van der Waals surface area contributed by atoms with Gasteiger partial charge in [0.05, 0.1) is 15.1 Å². The van der Waals surface area contributed by atoms with E-state index in [1.165, 1.54) is 23.5 Å². The van der Waals surface area contributed by atoms with E-state index in [1.807, 2.05) is 23.6 Å². The van der Waals surface area contributed by atoms with Crippen molar-refractivity contribution in [3.05, 3.63) is 68.5 Å². The molecule has 0 N–H and O–H groups in total. The topological polar surface area (TPSA) is 77.5 Å². The monoisotopic (exact) mass is 383 g/mol. The summed E-state index contributed by atoms with van der Waals surface area (Å²) in [5.41, 5.74) is 2.56. The number of hydrogen-bond donors (Lipinski definition) is 0. The molecule has 7 heteroatoms. The third-order valence-corrected chi connectivity index (χ3v) is 5.43. The Morgan fingerprint density at radius 3 is 2.41 bits per heavy atom. The summed E-state index contributed by atoms with van der Waals surface area (Å²) in [7, 11) is 0. The molecule has 0 fully saturated rings. The number of nitrogens with zero attached hydrogens (tertiary/aromatic N) is 3. The van der Waals surface area contributed by atoms with E-state index in [4.69, 9.17) is 0 Å². The van der Waals surface area contributed by atoms with Crippen molar-refractivity contribution in [3.8, 4) is 0 Å². The predicted octanol–water partition coefficient (Wildman–Crippen LogP) is 4.67. The third-order valence-electron chi connectivity index (χ3n) is 4.39. The molecule has 3 aromatic rings. The molecule has 0 spiro atoms. The van der Waals surface area contributed by atoms with Gasteiger partial charge in [-0.3, -0.25) is 14.9 Å². The van der Waals surface area contributed by atoms with Gasteiger partial charge in [-0.15, -0.1) is 0 Å². The molecule has 0 saturated carbocycles. The molecule has 0 radical (unpaired) electrons. The second-order valence-corrected chi connectivity index (χ2v) is 8.29. The maximum absolute atomic E-state index is 12.6. The van der Waals surface area contributed by atoms with E-state index in [2.05, 4.69) is 25.8 Å². The lowest BCUT2D eigenvalue weighted by Crippen LogP contribution is -2.16. The molecule has 0 bridgehead atoms. The summed E-state index contributed by atoms with van der Waals surface area (Å²) < 4.78 is 2.63. The number of aromatic nitrogens is 1. The van der Waals surface area contributed by atoms with Crippen LogP contribution in [0.1, 0.15) is 43.6 Å². The van der Waals surface area contributed by atoms with Crippen LogP contribution in [-0.4, -0.2) is 15.4 Å². The fourth-order valence-corrected chi connectivity index (χ4v) is 3.96. The number of carbonyl (C=O) groups is 1. The van der Waals surface area contributed by atoms with E-state index in [0.717, 1.165) is 15.8 Å². The molecular formula is C20H21N3O3S. The average Bonchev–Trinajstić information content (AvgIpc) is 2.96. The van der Waals surface area contributed by atoms with Crippen molar-refractivity contribution in [2.24, 2.45) is 4.99 Å². The first kappa shape index (κ1) is 19.0. The van der Waals surface area contributed by atoms with Gasteiger partial charge >= 0.3 is 0 Å². The summed E-state index contributed by atoms with van der Waals surface area (Å²) in [4.78, 5) is 28.0. The largest absolute Gasteiger partial charge is 0.317 e. The minimum absolute atomic E-state index is 0.0180. The lowest BCUT2D eigenvalue weighted by Gasteiger charge is -2.18. The molecule has 1 heterocycles. The van der Waals surface area contributed by atoms with Crippen molar-refractivity contribution in [3.63, 3.8) is 0 Å². The zero-order chi connectivity index (χ0) is 19.8. The van der Waals surface area contributed by atoms with Crippen molar-refractivity contribution in [2.75, 3.05) is 0 Å². The highest BCUT2D eigenvalue weighted by atomic mass is 32.1. The van der Waals surface area contributed by atoms with Gasteiger partial charge in [0.2, 0.25) is 0 Å². The van der Waals surface area contributed by atoms with Crippen LogP contribution in [0.25, 0.3) is 10.2 Å². The van der Waals surface area contributed by atoms with Crippen LogP contribution in [0.5, 0.6) is 0 Å². The number of aryl methyl sites for hydroxylation is 1. The van der Waals surface area contributed by atoms with Crippen LogP contribution in [0.4, 0.5) is 5.69 Å². The number of carbonyl (C=O) groups excluding carboxylic acids is 1. The lowest BCUT2D eigenvalue weighted by atomic mass is 9.87. The maximum Gasteiger partial charge on any atom is 0.279 e. The number of fused-ring (bicyclic) bond motifs is 1. The fourth-order valence-electron chi connectivity index (χ4n) is 2.83. The van der Waals surface area contributed by atoms with Crippen LogP contribution in [0.3, 0.4) is 0 Å². The van der Waals surface area contributed by atoms with Gasteiger partial charge in [-0.1, -0.05) is 44.2 Å². The molecular weight excluding hydrogens is 362 g/mol. The van der Waals surface area contributed by atoms with Gasteiger partial charge in [0.15, 0.2) is 4.80 Å². The summed E-state index contributed by atoms with van der Waals surface area (Å²) in [5, 5.41) is 11.0. The molecule has 3 rings (SSSR count). The van der Waals surface area contributed by atoms with Gasteiger partial charge < -0.3 is 4.57 Å². The van der Waals surface area contributed by atoms with Gasteiger partial charge in [-0.25, -0.2) is 0 Å². The molecule has 6 nitrogen and oxygen atoms in total. The van der Waals surface area contributed by atoms with Crippen LogP contribution in [0.15, 0.2) is 47.5 Å². The Morgan fingerprint density at radius 1 is 1.19 bits per heavy atom. The Hall–Kier alpha value is -2.80. The third kappa shape index (κ3) is 3.83. The average molecular weight is 383 g/mol. The normalized spacial score (nSPS) is 12.5. The highest BCUT2D eigenvalue weighted by molar-refractivity contribution is 7.16. The lowest BCUT2D eigenvalue weighted by molar-refractivity contribution is -0.384. The summed E-state index contributed by atoms with van der Waals surface area (Å²) in [5.74, 6) is -0.321. The Kier molecular flexibility index (Phi) is 4.97.